The van der Waals surface area contributed by atoms with Crippen LogP contribution in [0.15, 0.2) is 47.6 Å². The van der Waals surface area contributed by atoms with Gasteiger partial charge in [0.2, 0.25) is 5.91 Å². The van der Waals surface area contributed by atoms with Crippen LogP contribution in [0.4, 0.5) is 18.9 Å². The van der Waals surface area contributed by atoms with E-state index in [1.54, 1.807) is 25.3 Å². The third kappa shape index (κ3) is 5.30. The van der Waals surface area contributed by atoms with Crippen molar-refractivity contribution in [3.8, 4) is 11.5 Å². The number of hydrogen-bond donors (Lipinski definition) is 2. The third-order valence-corrected chi connectivity index (χ3v) is 4.25. The van der Waals surface area contributed by atoms with Gasteiger partial charge in [0.15, 0.2) is 5.16 Å². The smallest absolute Gasteiger partial charge is 0.497 e. The lowest BCUT2D eigenvalue weighted by molar-refractivity contribution is -0.274. The van der Waals surface area contributed by atoms with Crippen LogP contribution in [-0.4, -0.2) is 35.1 Å². The van der Waals surface area contributed by atoms with E-state index in [2.05, 4.69) is 20.0 Å². The fourth-order valence-corrected chi connectivity index (χ4v) is 2.92. The second kappa shape index (κ2) is 7.78. The summed E-state index contributed by atoms with van der Waals surface area (Å²) in [6, 6.07) is 10.3. The number of ether oxygens (including phenoxy) is 2. The lowest BCUT2D eigenvalue weighted by Crippen LogP contribution is -2.17. The van der Waals surface area contributed by atoms with Crippen molar-refractivity contribution in [1.29, 1.82) is 0 Å². The molecule has 2 N–H and O–H groups in total. The van der Waals surface area contributed by atoms with Crippen LogP contribution < -0.4 is 14.8 Å². The maximum Gasteiger partial charge on any atom is 0.573 e. The summed E-state index contributed by atoms with van der Waals surface area (Å²) in [5.41, 5.74) is 1.90. The molecule has 10 heteroatoms. The van der Waals surface area contributed by atoms with E-state index in [0.717, 1.165) is 23.2 Å². The summed E-state index contributed by atoms with van der Waals surface area (Å²) in [5.74, 6) is 0.103. The fourth-order valence-electron chi connectivity index (χ4n) is 2.23. The maximum absolute atomic E-state index is 12.1. The van der Waals surface area contributed by atoms with Crippen molar-refractivity contribution in [1.82, 2.24) is 9.97 Å². The molecule has 0 aliphatic rings. The first-order chi connectivity index (χ1) is 12.8. The van der Waals surface area contributed by atoms with Gasteiger partial charge in [0.25, 0.3) is 0 Å². The molecule has 3 rings (SSSR count). The Hall–Kier alpha value is -2.88. The first-order valence-corrected chi connectivity index (χ1v) is 8.63. The van der Waals surface area contributed by atoms with Crippen molar-refractivity contribution in [3.05, 3.63) is 42.5 Å². The van der Waals surface area contributed by atoms with E-state index in [0.29, 0.717) is 16.6 Å². The maximum atomic E-state index is 12.1. The Morgan fingerprint density at radius 3 is 2.56 bits per heavy atom. The van der Waals surface area contributed by atoms with Gasteiger partial charge in [-0.05, 0) is 36.4 Å². The zero-order chi connectivity index (χ0) is 19.4. The zero-order valence-electron chi connectivity index (χ0n) is 14.0. The standard InChI is InChI=1S/C17H14F3N3O3S/c1-25-12-6-7-13-14(8-12)23-16(22-13)27-9-15(24)21-10-2-4-11(5-3-10)26-17(18,19)20/h2-8H,9H2,1H3,(H,21,24)(H,22,23). The predicted octanol–water partition coefficient (Wildman–Crippen LogP) is 4.20. The zero-order valence-corrected chi connectivity index (χ0v) is 14.8. The number of amides is 1. The Morgan fingerprint density at radius 2 is 1.89 bits per heavy atom. The van der Waals surface area contributed by atoms with Crippen molar-refractivity contribution in [2.75, 3.05) is 18.2 Å². The van der Waals surface area contributed by atoms with Crippen molar-refractivity contribution in [2.45, 2.75) is 11.5 Å². The summed E-state index contributed by atoms with van der Waals surface area (Å²) in [7, 11) is 1.57. The van der Waals surface area contributed by atoms with E-state index in [1.165, 1.54) is 23.9 Å². The van der Waals surface area contributed by atoms with Crippen molar-refractivity contribution < 1.29 is 27.4 Å². The number of alkyl halides is 3. The number of hydrogen-bond acceptors (Lipinski definition) is 5. The minimum absolute atomic E-state index is 0.0811. The summed E-state index contributed by atoms with van der Waals surface area (Å²) in [4.78, 5) is 19.5. The lowest BCUT2D eigenvalue weighted by atomic mass is 10.3. The van der Waals surface area contributed by atoms with E-state index in [-0.39, 0.29) is 17.4 Å². The van der Waals surface area contributed by atoms with Crippen LogP contribution >= 0.6 is 11.8 Å². The monoisotopic (exact) mass is 397 g/mol. The molecule has 142 valence electrons. The number of anilines is 1. The molecule has 0 saturated carbocycles. The van der Waals surface area contributed by atoms with E-state index < -0.39 is 6.36 Å². The van der Waals surface area contributed by atoms with E-state index >= 15 is 0 Å². The highest BCUT2D eigenvalue weighted by atomic mass is 32.2. The van der Waals surface area contributed by atoms with Gasteiger partial charge in [-0.15, -0.1) is 13.2 Å². The number of rotatable bonds is 6. The molecule has 6 nitrogen and oxygen atoms in total. The van der Waals surface area contributed by atoms with Crippen LogP contribution in [0.3, 0.4) is 0 Å². The van der Waals surface area contributed by atoms with Crippen LogP contribution in [0.1, 0.15) is 0 Å². The average Bonchev–Trinajstić information content (AvgIpc) is 3.02. The van der Waals surface area contributed by atoms with Gasteiger partial charge in [0.1, 0.15) is 11.5 Å². The summed E-state index contributed by atoms with van der Waals surface area (Å²) < 4.78 is 45.3. The summed E-state index contributed by atoms with van der Waals surface area (Å²) in [6.07, 6.45) is -4.75. The van der Waals surface area contributed by atoms with Gasteiger partial charge >= 0.3 is 6.36 Å². The number of aromatic nitrogens is 2. The molecule has 0 atom stereocenters. The quantitative estimate of drug-likeness (QED) is 0.610. The number of thioether (sulfide) groups is 1. The Balaban J connectivity index is 1.55. The molecule has 2 aromatic carbocycles. The first-order valence-electron chi connectivity index (χ1n) is 7.64. The molecule has 0 unspecified atom stereocenters. The highest BCUT2D eigenvalue weighted by Crippen LogP contribution is 2.25. The molecule has 1 aromatic heterocycles. The van der Waals surface area contributed by atoms with Crippen molar-refractivity contribution in [3.63, 3.8) is 0 Å². The highest BCUT2D eigenvalue weighted by molar-refractivity contribution is 7.99. The topological polar surface area (TPSA) is 76.2 Å². The molecule has 0 aliphatic carbocycles. The molecule has 0 spiro atoms. The molecule has 0 bridgehead atoms. The van der Waals surface area contributed by atoms with E-state index in [4.69, 9.17) is 4.74 Å². The summed E-state index contributed by atoms with van der Waals surface area (Å²) >= 11 is 1.21. The number of fused-ring (bicyclic) bond motifs is 1. The molecule has 0 aliphatic heterocycles. The molecule has 0 fully saturated rings. The molecule has 1 amide bonds. The molecule has 3 aromatic rings. The largest absolute Gasteiger partial charge is 0.573 e. The number of nitrogens with one attached hydrogen (secondary N) is 2. The Morgan fingerprint density at radius 1 is 1.19 bits per heavy atom. The Kier molecular flexibility index (Phi) is 5.45. The van der Waals surface area contributed by atoms with E-state index in [9.17, 15) is 18.0 Å². The normalized spacial score (nSPS) is 11.4. The Bertz CT molecular complexity index is 942. The van der Waals surface area contributed by atoms with Gasteiger partial charge in [0.05, 0.1) is 23.9 Å². The highest BCUT2D eigenvalue weighted by Gasteiger charge is 2.30. The van der Waals surface area contributed by atoms with Crippen LogP contribution in [0.2, 0.25) is 0 Å². The van der Waals surface area contributed by atoms with Gasteiger partial charge in [-0.3, -0.25) is 4.79 Å². The van der Waals surface area contributed by atoms with Crippen molar-refractivity contribution >= 4 is 34.4 Å². The summed E-state index contributed by atoms with van der Waals surface area (Å²) in [6.45, 7) is 0. The van der Waals surface area contributed by atoms with Crippen LogP contribution in [0.25, 0.3) is 11.0 Å². The molecule has 27 heavy (non-hydrogen) atoms. The third-order valence-electron chi connectivity index (χ3n) is 3.38. The van der Waals surface area contributed by atoms with Crippen LogP contribution in [-0.2, 0) is 4.79 Å². The van der Waals surface area contributed by atoms with Gasteiger partial charge < -0.3 is 19.8 Å². The van der Waals surface area contributed by atoms with Crippen LogP contribution in [0, 0.1) is 0 Å². The Labute approximate surface area is 156 Å². The number of H-pyrrole nitrogens is 1. The number of carbonyl (C=O) groups excluding carboxylic acids is 1. The van der Waals surface area contributed by atoms with E-state index in [1.807, 2.05) is 0 Å². The van der Waals surface area contributed by atoms with Gasteiger partial charge in [-0.25, -0.2) is 4.98 Å². The number of carbonyl (C=O) groups is 1. The predicted molar refractivity (Wildman–Crippen MR) is 95.1 cm³/mol. The number of halogens is 3. The lowest BCUT2D eigenvalue weighted by Gasteiger charge is -2.09. The second-order valence-corrected chi connectivity index (χ2v) is 6.30. The van der Waals surface area contributed by atoms with Crippen molar-refractivity contribution in [2.24, 2.45) is 0 Å². The molecular formula is C17H14F3N3O3S. The van der Waals surface area contributed by atoms with Gasteiger partial charge in [0, 0.05) is 11.8 Å². The molecule has 1 heterocycles. The minimum Gasteiger partial charge on any atom is -0.497 e. The molecular weight excluding hydrogens is 383 g/mol. The van der Waals surface area contributed by atoms with Gasteiger partial charge in [-0.1, -0.05) is 11.8 Å². The number of aromatic amines is 1. The fraction of sp³-hybridized carbons (Fsp3) is 0.176. The number of imidazole rings is 1. The number of nitrogens with zero attached hydrogens (tertiary/aromatic N) is 1. The van der Waals surface area contributed by atoms with Gasteiger partial charge in [-0.2, -0.15) is 0 Å². The first kappa shape index (κ1) is 18.9. The molecule has 0 saturated heterocycles. The second-order valence-electron chi connectivity index (χ2n) is 5.33. The summed E-state index contributed by atoms with van der Waals surface area (Å²) in [5, 5.41) is 3.17. The minimum atomic E-state index is -4.75. The number of benzene rings is 2. The SMILES string of the molecule is COc1ccc2nc(SCC(=O)Nc3ccc(OC(F)(F)F)cc3)[nH]c2c1. The molecule has 0 radical (unpaired) electrons. The van der Waals surface area contributed by atoms with Crippen LogP contribution in [0.5, 0.6) is 11.5 Å². The average molecular weight is 397 g/mol. The number of methoxy groups -OCH3 is 1.